The largest absolute Gasteiger partial charge is 0.338 e. The van der Waals surface area contributed by atoms with E-state index in [0.717, 1.165) is 36.9 Å². The van der Waals surface area contributed by atoms with Gasteiger partial charge in [0.1, 0.15) is 0 Å². The highest BCUT2D eigenvalue weighted by Crippen LogP contribution is 2.15. The van der Waals surface area contributed by atoms with Crippen LogP contribution in [0.15, 0.2) is 42.7 Å². The molecule has 2 aromatic rings. The van der Waals surface area contributed by atoms with Gasteiger partial charge < -0.3 is 15.1 Å². The molecule has 1 aliphatic rings. The van der Waals surface area contributed by atoms with Gasteiger partial charge in [-0.05, 0) is 44.4 Å². The first kappa shape index (κ1) is 19.9. The number of hydrogen-bond donors (Lipinski definition) is 1. The Morgan fingerprint density at radius 3 is 2.57 bits per heavy atom. The average Bonchev–Trinajstić information content (AvgIpc) is 3.22. The summed E-state index contributed by atoms with van der Waals surface area (Å²) in [6.45, 7) is 4.82. The van der Waals surface area contributed by atoms with E-state index in [1.165, 1.54) is 0 Å². The van der Waals surface area contributed by atoms with Crippen LogP contribution in [0.25, 0.3) is 0 Å². The van der Waals surface area contributed by atoms with Crippen molar-refractivity contribution in [3.8, 4) is 0 Å². The van der Waals surface area contributed by atoms with E-state index in [-0.39, 0.29) is 18.0 Å². The van der Waals surface area contributed by atoms with Crippen molar-refractivity contribution in [2.75, 3.05) is 26.7 Å². The van der Waals surface area contributed by atoms with Crippen molar-refractivity contribution in [3.05, 3.63) is 53.9 Å². The lowest BCUT2D eigenvalue weighted by Gasteiger charge is -2.33. The van der Waals surface area contributed by atoms with Crippen molar-refractivity contribution in [1.29, 1.82) is 0 Å². The van der Waals surface area contributed by atoms with E-state index in [1.54, 1.807) is 11.1 Å². The van der Waals surface area contributed by atoms with Gasteiger partial charge in [-0.25, -0.2) is 4.79 Å². The Bertz CT molecular complexity index is 765. The molecule has 7 nitrogen and oxygen atoms in total. The summed E-state index contributed by atoms with van der Waals surface area (Å²) in [6.07, 6.45) is 6.10. The molecule has 0 radical (unpaired) electrons. The molecular formula is C21H29N5O2. The highest BCUT2D eigenvalue weighted by Gasteiger charge is 2.25. The Balaban J connectivity index is 1.38. The normalized spacial score (nSPS) is 14.7. The highest BCUT2D eigenvalue weighted by atomic mass is 16.2. The van der Waals surface area contributed by atoms with Crippen LogP contribution >= 0.6 is 0 Å². The first-order valence-corrected chi connectivity index (χ1v) is 9.88. The summed E-state index contributed by atoms with van der Waals surface area (Å²) in [5.41, 5.74) is 1.87. The van der Waals surface area contributed by atoms with Crippen molar-refractivity contribution in [3.63, 3.8) is 0 Å². The number of rotatable bonds is 6. The number of aryl methyl sites for hydroxylation is 2. The van der Waals surface area contributed by atoms with Crippen molar-refractivity contribution < 1.29 is 9.59 Å². The van der Waals surface area contributed by atoms with E-state index in [2.05, 4.69) is 10.4 Å². The maximum absolute atomic E-state index is 12.6. The number of benzene rings is 1. The summed E-state index contributed by atoms with van der Waals surface area (Å²) < 4.78 is 1.87. The minimum Gasteiger partial charge on any atom is -0.338 e. The van der Waals surface area contributed by atoms with Crippen LogP contribution in [-0.2, 0) is 6.54 Å². The number of nitrogens with zero attached hydrogens (tertiary/aromatic N) is 4. The molecule has 2 heterocycles. The molecule has 1 aliphatic heterocycles. The third kappa shape index (κ3) is 5.34. The molecule has 3 rings (SSSR count). The topological polar surface area (TPSA) is 70.5 Å². The van der Waals surface area contributed by atoms with E-state index in [9.17, 15) is 9.59 Å². The van der Waals surface area contributed by atoms with Crippen LogP contribution in [0, 0.1) is 6.92 Å². The lowest BCUT2D eigenvalue weighted by molar-refractivity contribution is 0.0707. The number of carbonyl (C=O) groups excluding carboxylic acids is 2. The lowest BCUT2D eigenvalue weighted by Crippen LogP contribution is -2.49. The van der Waals surface area contributed by atoms with E-state index < -0.39 is 0 Å². The molecule has 0 bridgehead atoms. The molecule has 150 valence electrons. The van der Waals surface area contributed by atoms with E-state index >= 15 is 0 Å². The summed E-state index contributed by atoms with van der Waals surface area (Å²) in [4.78, 5) is 28.6. The second kappa shape index (κ2) is 9.39. The van der Waals surface area contributed by atoms with Gasteiger partial charge in [-0.3, -0.25) is 9.48 Å². The second-order valence-corrected chi connectivity index (χ2v) is 7.43. The number of likely N-dealkylation sites (tertiary alicyclic amines) is 1. The molecule has 1 N–H and O–H groups in total. The van der Waals surface area contributed by atoms with Crippen molar-refractivity contribution in [1.82, 2.24) is 24.9 Å². The smallest absolute Gasteiger partial charge is 0.317 e. The zero-order valence-corrected chi connectivity index (χ0v) is 16.7. The minimum absolute atomic E-state index is 0.0521. The molecule has 7 heteroatoms. The summed E-state index contributed by atoms with van der Waals surface area (Å²) in [7, 11) is 1.81. The fourth-order valence-electron chi connectivity index (χ4n) is 3.39. The molecule has 1 fully saturated rings. The van der Waals surface area contributed by atoms with Crippen LogP contribution in [-0.4, -0.2) is 64.2 Å². The fraction of sp³-hybridized carbons (Fsp3) is 0.476. The van der Waals surface area contributed by atoms with Gasteiger partial charge in [0.25, 0.3) is 5.91 Å². The molecule has 3 amide bonds. The van der Waals surface area contributed by atoms with Crippen molar-refractivity contribution in [2.24, 2.45) is 0 Å². The Kier molecular flexibility index (Phi) is 6.68. The second-order valence-electron chi connectivity index (χ2n) is 7.43. The number of aromatic nitrogens is 2. The third-order valence-electron chi connectivity index (χ3n) is 5.19. The Morgan fingerprint density at radius 1 is 1.21 bits per heavy atom. The van der Waals surface area contributed by atoms with E-state index in [4.69, 9.17) is 0 Å². The number of urea groups is 1. The standard InChI is InChI=1S/C21H29N5O2/c1-17-5-7-18(8-6-17)20(27)25-15-9-19(10-16-25)23-21(28)24(2)12-4-14-26-13-3-11-22-26/h3,5-8,11,13,19H,4,9-10,12,14-16H2,1-2H3,(H,23,28). The molecule has 0 spiro atoms. The van der Waals surface area contributed by atoms with Crippen LogP contribution in [0.2, 0.25) is 0 Å². The summed E-state index contributed by atoms with van der Waals surface area (Å²) in [5.74, 6) is 0.0699. The molecule has 28 heavy (non-hydrogen) atoms. The predicted molar refractivity (Wildman–Crippen MR) is 108 cm³/mol. The van der Waals surface area contributed by atoms with Crippen molar-refractivity contribution >= 4 is 11.9 Å². The highest BCUT2D eigenvalue weighted by molar-refractivity contribution is 5.94. The summed E-state index contributed by atoms with van der Waals surface area (Å²) in [5, 5.41) is 7.26. The molecule has 1 aromatic carbocycles. The lowest BCUT2D eigenvalue weighted by atomic mass is 10.0. The van der Waals surface area contributed by atoms with Gasteiger partial charge in [-0.15, -0.1) is 0 Å². The van der Waals surface area contributed by atoms with Gasteiger partial charge in [0, 0.05) is 57.2 Å². The Morgan fingerprint density at radius 2 is 1.93 bits per heavy atom. The van der Waals surface area contributed by atoms with Gasteiger partial charge >= 0.3 is 6.03 Å². The predicted octanol–water partition coefficient (Wildman–Crippen LogP) is 2.53. The average molecular weight is 383 g/mol. The molecule has 0 atom stereocenters. The van der Waals surface area contributed by atoms with Crippen LogP contribution in [0.1, 0.15) is 35.2 Å². The Labute approximate surface area is 166 Å². The number of amides is 3. The van der Waals surface area contributed by atoms with E-state index in [1.807, 2.05) is 60.1 Å². The van der Waals surface area contributed by atoms with Crippen LogP contribution in [0.3, 0.4) is 0 Å². The van der Waals surface area contributed by atoms with Gasteiger partial charge in [-0.1, -0.05) is 17.7 Å². The van der Waals surface area contributed by atoms with Crippen LogP contribution in [0.4, 0.5) is 4.79 Å². The molecule has 1 saturated heterocycles. The maximum atomic E-state index is 12.6. The number of nitrogens with one attached hydrogen (secondary N) is 1. The molecule has 0 aliphatic carbocycles. The van der Waals surface area contributed by atoms with Crippen LogP contribution in [0.5, 0.6) is 0 Å². The van der Waals surface area contributed by atoms with Gasteiger partial charge in [0.2, 0.25) is 0 Å². The number of piperidine rings is 1. The SMILES string of the molecule is Cc1ccc(C(=O)N2CCC(NC(=O)N(C)CCCn3cccn3)CC2)cc1. The quantitative estimate of drug-likeness (QED) is 0.833. The zero-order valence-electron chi connectivity index (χ0n) is 16.7. The number of hydrogen-bond acceptors (Lipinski definition) is 3. The van der Waals surface area contributed by atoms with E-state index in [0.29, 0.717) is 19.6 Å². The first-order valence-electron chi connectivity index (χ1n) is 9.88. The zero-order chi connectivity index (χ0) is 19.9. The minimum atomic E-state index is -0.0521. The van der Waals surface area contributed by atoms with Crippen LogP contribution < -0.4 is 5.32 Å². The third-order valence-corrected chi connectivity index (χ3v) is 5.19. The maximum Gasteiger partial charge on any atom is 0.317 e. The first-order chi connectivity index (χ1) is 13.5. The van der Waals surface area contributed by atoms with Gasteiger partial charge in [-0.2, -0.15) is 5.10 Å². The molecule has 0 unspecified atom stereocenters. The Hall–Kier alpha value is -2.83. The van der Waals surface area contributed by atoms with Gasteiger partial charge in [0.05, 0.1) is 0 Å². The van der Waals surface area contributed by atoms with Crippen molar-refractivity contribution in [2.45, 2.75) is 38.8 Å². The summed E-state index contributed by atoms with van der Waals surface area (Å²) in [6, 6.07) is 9.64. The number of carbonyl (C=O) groups is 2. The molecule has 1 aromatic heterocycles. The molecular weight excluding hydrogens is 354 g/mol. The molecule has 0 saturated carbocycles. The van der Waals surface area contributed by atoms with Gasteiger partial charge in [0.15, 0.2) is 0 Å². The fourth-order valence-corrected chi connectivity index (χ4v) is 3.39. The summed E-state index contributed by atoms with van der Waals surface area (Å²) >= 11 is 0. The monoisotopic (exact) mass is 383 g/mol.